The number of ether oxygens (including phenoxy) is 1. The molecule has 0 radical (unpaired) electrons. The molecule has 3 rings (SSSR count). The van der Waals surface area contributed by atoms with Crippen LogP contribution in [0.5, 0.6) is 0 Å². The summed E-state index contributed by atoms with van der Waals surface area (Å²) in [5, 5.41) is 15.1. The van der Waals surface area contributed by atoms with Crippen molar-refractivity contribution < 1.29 is 14.3 Å². The van der Waals surface area contributed by atoms with Gasteiger partial charge in [0.15, 0.2) is 0 Å². The van der Waals surface area contributed by atoms with Gasteiger partial charge in [-0.15, -0.1) is 10.2 Å². The minimum absolute atomic E-state index is 0.240. The van der Waals surface area contributed by atoms with E-state index in [1.165, 1.54) is 11.3 Å². The maximum Gasteiger partial charge on any atom is 0.318 e. The van der Waals surface area contributed by atoms with Gasteiger partial charge >= 0.3 is 6.03 Å². The van der Waals surface area contributed by atoms with Crippen molar-refractivity contribution in [2.75, 3.05) is 31.6 Å². The average molecular weight is 404 g/mol. The van der Waals surface area contributed by atoms with Crippen LogP contribution in [0.3, 0.4) is 0 Å². The molecule has 1 saturated heterocycles. The molecule has 1 aromatic carbocycles. The number of aromatic nitrogens is 2. The molecule has 0 aliphatic carbocycles. The van der Waals surface area contributed by atoms with Crippen molar-refractivity contribution in [3.8, 4) is 0 Å². The van der Waals surface area contributed by atoms with Gasteiger partial charge in [0.1, 0.15) is 11.0 Å². The molecule has 0 spiro atoms. The smallest absolute Gasteiger partial charge is 0.318 e. The molecule has 1 aliphatic heterocycles. The van der Waals surface area contributed by atoms with Crippen LogP contribution in [0.4, 0.5) is 9.93 Å². The number of anilines is 1. The van der Waals surface area contributed by atoms with E-state index in [0.717, 1.165) is 10.6 Å². The highest BCUT2D eigenvalue weighted by Gasteiger charge is 2.26. The van der Waals surface area contributed by atoms with Crippen molar-refractivity contribution >= 4 is 28.4 Å². The summed E-state index contributed by atoms with van der Waals surface area (Å²) in [7, 11) is 0. The third-order valence-corrected chi connectivity index (χ3v) is 5.50. The van der Waals surface area contributed by atoms with Gasteiger partial charge in [-0.1, -0.05) is 55.5 Å². The van der Waals surface area contributed by atoms with Crippen LogP contribution >= 0.6 is 11.3 Å². The molecule has 9 heteroatoms. The highest BCUT2D eigenvalue weighted by Crippen LogP contribution is 2.22. The number of hydrogen-bond donors (Lipinski definition) is 2. The summed E-state index contributed by atoms with van der Waals surface area (Å²) in [6.45, 7) is 6.08. The zero-order chi connectivity index (χ0) is 19.9. The molecular weight excluding hydrogens is 378 g/mol. The van der Waals surface area contributed by atoms with Gasteiger partial charge in [0.05, 0.1) is 13.2 Å². The van der Waals surface area contributed by atoms with Crippen molar-refractivity contribution in [3.63, 3.8) is 0 Å². The summed E-state index contributed by atoms with van der Waals surface area (Å²) < 4.78 is 5.28. The fourth-order valence-corrected chi connectivity index (χ4v) is 3.53. The summed E-state index contributed by atoms with van der Waals surface area (Å²) in [6.07, 6.45) is 0.387. The van der Waals surface area contributed by atoms with E-state index in [-0.39, 0.29) is 17.9 Å². The SMILES string of the molecule is CC(C)c1nnc(NC(=O)[C@@H](Cc2ccccc2)NC(=O)N2CCOCC2)s1. The summed E-state index contributed by atoms with van der Waals surface area (Å²) >= 11 is 1.35. The zero-order valence-electron chi connectivity index (χ0n) is 16.1. The van der Waals surface area contributed by atoms with Crippen LogP contribution in [0.25, 0.3) is 0 Å². The maximum atomic E-state index is 12.9. The summed E-state index contributed by atoms with van der Waals surface area (Å²) in [6, 6.07) is 8.62. The molecule has 3 amide bonds. The van der Waals surface area contributed by atoms with Gasteiger partial charge in [0, 0.05) is 25.4 Å². The van der Waals surface area contributed by atoms with Gasteiger partial charge < -0.3 is 15.0 Å². The lowest BCUT2D eigenvalue weighted by Gasteiger charge is -2.29. The third-order valence-electron chi connectivity index (χ3n) is 4.36. The minimum Gasteiger partial charge on any atom is -0.378 e. The first-order valence-corrected chi connectivity index (χ1v) is 10.2. The van der Waals surface area contributed by atoms with Gasteiger partial charge in [-0.25, -0.2) is 4.79 Å². The first-order chi connectivity index (χ1) is 13.5. The van der Waals surface area contributed by atoms with Gasteiger partial charge in [0.2, 0.25) is 11.0 Å². The van der Waals surface area contributed by atoms with E-state index in [2.05, 4.69) is 20.8 Å². The van der Waals surface area contributed by atoms with E-state index in [1.54, 1.807) is 4.90 Å². The van der Waals surface area contributed by atoms with E-state index in [0.29, 0.717) is 37.9 Å². The van der Waals surface area contributed by atoms with Crippen LogP contribution < -0.4 is 10.6 Å². The third kappa shape index (κ3) is 5.49. The Morgan fingerprint density at radius 1 is 1.18 bits per heavy atom. The standard InChI is InChI=1S/C19H25N5O3S/c1-13(2)17-22-23-18(28-17)21-16(25)15(12-14-6-4-3-5-7-14)20-19(26)24-8-10-27-11-9-24/h3-7,13,15H,8-12H2,1-2H3,(H,20,26)(H,21,23,25)/t15-/m1/s1. The second-order valence-electron chi connectivity index (χ2n) is 6.88. The Balaban J connectivity index is 1.70. The van der Waals surface area contributed by atoms with E-state index in [4.69, 9.17) is 4.74 Å². The predicted molar refractivity (Wildman–Crippen MR) is 107 cm³/mol. The van der Waals surface area contributed by atoms with E-state index in [1.807, 2.05) is 44.2 Å². The van der Waals surface area contributed by atoms with Crippen LogP contribution in [-0.4, -0.2) is 59.4 Å². The van der Waals surface area contributed by atoms with Gasteiger partial charge in [-0.2, -0.15) is 0 Å². The molecule has 1 aromatic heterocycles. The Labute approximate surface area is 168 Å². The number of morpholine rings is 1. The second kappa shape index (κ2) is 9.61. The lowest BCUT2D eigenvalue weighted by molar-refractivity contribution is -0.118. The van der Waals surface area contributed by atoms with E-state index in [9.17, 15) is 9.59 Å². The number of carbonyl (C=O) groups excluding carboxylic acids is 2. The fraction of sp³-hybridized carbons (Fsp3) is 0.474. The predicted octanol–water partition coefficient (Wildman–Crippen LogP) is 2.25. The number of nitrogens with one attached hydrogen (secondary N) is 2. The molecule has 0 bridgehead atoms. The molecule has 1 atom stereocenters. The van der Waals surface area contributed by atoms with E-state index < -0.39 is 6.04 Å². The van der Waals surface area contributed by atoms with Crippen LogP contribution in [-0.2, 0) is 16.0 Å². The first kappa shape index (κ1) is 20.2. The number of urea groups is 1. The Kier molecular flexibility index (Phi) is 6.94. The molecule has 2 heterocycles. The molecule has 150 valence electrons. The second-order valence-corrected chi connectivity index (χ2v) is 7.89. The summed E-state index contributed by atoms with van der Waals surface area (Å²) in [5.41, 5.74) is 0.963. The normalized spacial score (nSPS) is 15.3. The lowest BCUT2D eigenvalue weighted by Crippen LogP contribution is -2.53. The monoisotopic (exact) mass is 403 g/mol. The summed E-state index contributed by atoms with van der Waals surface area (Å²) in [4.78, 5) is 27.2. The molecule has 0 unspecified atom stereocenters. The molecule has 0 saturated carbocycles. The largest absolute Gasteiger partial charge is 0.378 e. The molecule has 28 heavy (non-hydrogen) atoms. The highest BCUT2D eigenvalue weighted by atomic mass is 32.1. The molecule has 2 N–H and O–H groups in total. The van der Waals surface area contributed by atoms with Gasteiger partial charge in [-0.3, -0.25) is 10.1 Å². The highest BCUT2D eigenvalue weighted by molar-refractivity contribution is 7.15. The van der Waals surface area contributed by atoms with E-state index >= 15 is 0 Å². The fourth-order valence-electron chi connectivity index (χ4n) is 2.78. The zero-order valence-corrected chi connectivity index (χ0v) is 16.9. The molecule has 1 aliphatic rings. The van der Waals surface area contributed by atoms with Crippen molar-refractivity contribution in [1.82, 2.24) is 20.4 Å². The quantitative estimate of drug-likeness (QED) is 0.771. The Morgan fingerprint density at radius 2 is 1.89 bits per heavy atom. The molecule has 2 aromatic rings. The van der Waals surface area contributed by atoms with Gasteiger partial charge in [0.25, 0.3) is 0 Å². The van der Waals surface area contributed by atoms with Crippen molar-refractivity contribution in [2.24, 2.45) is 0 Å². The van der Waals surface area contributed by atoms with Crippen molar-refractivity contribution in [3.05, 3.63) is 40.9 Å². The maximum absolute atomic E-state index is 12.9. The lowest BCUT2D eigenvalue weighted by atomic mass is 10.1. The number of carbonyl (C=O) groups is 2. The summed E-state index contributed by atoms with van der Waals surface area (Å²) in [5.74, 6) is -0.0683. The first-order valence-electron chi connectivity index (χ1n) is 9.34. The Hall–Kier alpha value is -2.52. The van der Waals surface area contributed by atoms with Gasteiger partial charge in [-0.05, 0) is 5.56 Å². The number of amides is 3. The number of hydrogen-bond acceptors (Lipinski definition) is 6. The number of benzene rings is 1. The van der Waals surface area contributed by atoms with Crippen LogP contribution in [0.15, 0.2) is 30.3 Å². The molecule has 1 fully saturated rings. The minimum atomic E-state index is -0.718. The Morgan fingerprint density at radius 3 is 2.54 bits per heavy atom. The number of rotatable bonds is 6. The van der Waals surface area contributed by atoms with Crippen LogP contribution in [0.1, 0.15) is 30.3 Å². The molecular formula is C19H25N5O3S. The Bertz CT molecular complexity index is 790. The van der Waals surface area contributed by atoms with Crippen LogP contribution in [0.2, 0.25) is 0 Å². The van der Waals surface area contributed by atoms with Crippen molar-refractivity contribution in [1.29, 1.82) is 0 Å². The van der Waals surface area contributed by atoms with Crippen LogP contribution in [0, 0.1) is 0 Å². The number of nitrogens with zero attached hydrogens (tertiary/aromatic N) is 3. The van der Waals surface area contributed by atoms with Crippen molar-refractivity contribution in [2.45, 2.75) is 32.2 Å². The average Bonchev–Trinajstić information content (AvgIpc) is 3.17. The molecule has 8 nitrogen and oxygen atoms in total. The topological polar surface area (TPSA) is 96.4 Å².